The number of rotatable bonds is 9. The van der Waals surface area contributed by atoms with Gasteiger partial charge in [-0.05, 0) is 19.5 Å². The predicted molar refractivity (Wildman–Crippen MR) is 84.2 cm³/mol. The predicted octanol–water partition coefficient (Wildman–Crippen LogP) is 0.751. The van der Waals surface area contributed by atoms with Crippen molar-refractivity contribution in [1.82, 2.24) is 5.32 Å². The lowest BCUT2D eigenvalue weighted by Crippen LogP contribution is -2.51. The number of benzene rings is 1. The largest absolute Gasteiger partial charge is 0.464 e. The van der Waals surface area contributed by atoms with E-state index < -0.39 is 11.6 Å². The molecule has 0 bridgehead atoms. The first kappa shape index (κ1) is 18.0. The van der Waals surface area contributed by atoms with E-state index in [0.717, 1.165) is 5.56 Å². The van der Waals surface area contributed by atoms with Crippen LogP contribution in [0.4, 0.5) is 0 Å². The number of aliphatic hydroxyl groups excluding tert-OH is 2. The quantitative estimate of drug-likeness (QED) is 0.584. The smallest absolute Gasteiger partial charge is 0.331 e. The number of esters is 1. The average molecular weight is 313 g/mol. The summed E-state index contributed by atoms with van der Waals surface area (Å²) in [6.45, 7) is 1.79. The molecular formula is C15H23NO4S. The molecule has 0 saturated carbocycles. The summed E-state index contributed by atoms with van der Waals surface area (Å²) in [6.07, 6.45) is -0.789. The molecule has 0 aliphatic carbocycles. The van der Waals surface area contributed by atoms with Crippen molar-refractivity contribution >= 4 is 17.7 Å². The molecule has 0 aliphatic heterocycles. The lowest BCUT2D eigenvalue weighted by atomic mass is 9.92. The lowest BCUT2D eigenvalue weighted by molar-refractivity contribution is -0.150. The third-order valence-electron chi connectivity index (χ3n) is 3.16. The minimum Gasteiger partial charge on any atom is -0.464 e. The fourth-order valence-electron chi connectivity index (χ4n) is 1.96. The SMILES string of the molecule is CCOC(=O)C(CSCC(O)CO)(NC)c1ccccc1. The van der Waals surface area contributed by atoms with Gasteiger partial charge >= 0.3 is 5.97 Å². The number of nitrogens with one attached hydrogen (secondary N) is 1. The molecule has 21 heavy (non-hydrogen) atoms. The van der Waals surface area contributed by atoms with Gasteiger partial charge in [0, 0.05) is 11.5 Å². The highest BCUT2D eigenvalue weighted by molar-refractivity contribution is 7.99. The van der Waals surface area contributed by atoms with Crippen molar-refractivity contribution in [2.24, 2.45) is 0 Å². The van der Waals surface area contributed by atoms with E-state index in [4.69, 9.17) is 9.84 Å². The molecule has 0 spiro atoms. The molecule has 0 heterocycles. The van der Waals surface area contributed by atoms with Gasteiger partial charge in [0.2, 0.25) is 0 Å². The molecule has 1 aromatic rings. The Morgan fingerprint density at radius 1 is 1.43 bits per heavy atom. The highest BCUT2D eigenvalue weighted by Crippen LogP contribution is 2.27. The van der Waals surface area contributed by atoms with E-state index in [-0.39, 0.29) is 12.6 Å². The summed E-state index contributed by atoms with van der Waals surface area (Å²) in [5.41, 5.74) is -0.145. The van der Waals surface area contributed by atoms with E-state index in [9.17, 15) is 9.90 Å². The molecule has 0 fully saturated rings. The van der Waals surface area contributed by atoms with Crippen LogP contribution in [0.2, 0.25) is 0 Å². The molecular weight excluding hydrogens is 290 g/mol. The summed E-state index contributed by atoms with van der Waals surface area (Å²) < 4.78 is 5.21. The minimum absolute atomic E-state index is 0.287. The van der Waals surface area contributed by atoms with Crippen LogP contribution < -0.4 is 5.32 Å². The molecule has 2 atom stereocenters. The molecule has 3 N–H and O–H groups in total. The van der Waals surface area contributed by atoms with E-state index in [1.165, 1.54) is 11.8 Å². The van der Waals surface area contributed by atoms with Gasteiger partial charge in [-0.25, -0.2) is 4.79 Å². The number of carbonyl (C=O) groups is 1. The number of hydrogen-bond donors (Lipinski definition) is 3. The van der Waals surface area contributed by atoms with E-state index in [0.29, 0.717) is 18.1 Å². The fourth-order valence-corrected chi connectivity index (χ4v) is 3.19. The van der Waals surface area contributed by atoms with E-state index in [1.807, 2.05) is 30.3 Å². The molecule has 1 aromatic carbocycles. The monoisotopic (exact) mass is 313 g/mol. The van der Waals surface area contributed by atoms with Crippen LogP contribution in [0, 0.1) is 0 Å². The topological polar surface area (TPSA) is 78.8 Å². The molecule has 0 aliphatic rings. The summed E-state index contributed by atoms with van der Waals surface area (Å²) in [5, 5.41) is 21.4. The van der Waals surface area contributed by atoms with Crippen molar-refractivity contribution in [2.45, 2.75) is 18.6 Å². The first-order chi connectivity index (χ1) is 10.1. The summed E-state index contributed by atoms with van der Waals surface area (Å²) in [7, 11) is 1.72. The Morgan fingerprint density at radius 3 is 2.62 bits per heavy atom. The van der Waals surface area contributed by atoms with E-state index >= 15 is 0 Å². The van der Waals surface area contributed by atoms with Gasteiger partial charge in [0.1, 0.15) is 0 Å². The first-order valence-electron chi connectivity index (χ1n) is 6.89. The van der Waals surface area contributed by atoms with Crippen molar-refractivity contribution in [2.75, 3.05) is 31.8 Å². The second-order valence-corrected chi connectivity index (χ2v) is 5.62. The molecule has 0 aromatic heterocycles. The summed E-state index contributed by atoms with van der Waals surface area (Å²) in [5.74, 6) is 0.417. The third kappa shape index (κ3) is 4.71. The first-order valence-corrected chi connectivity index (χ1v) is 8.04. The van der Waals surface area contributed by atoms with Crippen LogP contribution in [0.5, 0.6) is 0 Å². The molecule has 1 rings (SSSR count). The number of ether oxygens (including phenoxy) is 1. The van der Waals surface area contributed by atoms with Gasteiger partial charge < -0.3 is 20.3 Å². The zero-order valence-corrected chi connectivity index (χ0v) is 13.2. The molecule has 0 saturated heterocycles. The van der Waals surface area contributed by atoms with Gasteiger partial charge in [-0.1, -0.05) is 30.3 Å². The van der Waals surface area contributed by atoms with Crippen molar-refractivity contribution < 1.29 is 19.7 Å². The lowest BCUT2D eigenvalue weighted by Gasteiger charge is -2.31. The number of carbonyl (C=O) groups excluding carboxylic acids is 1. The Kier molecular flexibility index (Phi) is 7.74. The molecule has 0 amide bonds. The van der Waals surface area contributed by atoms with Crippen LogP contribution in [0.3, 0.4) is 0 Å². The van der Waals surface area contributed by atoms with Gasteiger partial charge in [0.15, 0.2) is 5.54 Å². The maximum atomic E-state index is 12.4. The molecule has 0 radical (unpaired) electrons. The van der Waals surface area contributed by atoms with Crippen LogP contribution >= 0.6 is 11.8 Å². The number of likely N-dealkylation sites (N-methyl/N-ethyl adjacent to an activating group) is 1. The molecule has 118 valence electrons. The highest BCUT2D eigenvalue weighted by atomic mass is 32.2. The summed E-state index contributed by atoms with van der Waals surface area (Å²) in [4.78, 5) is 12.4. The van der Waals surface area contributed by atoms with Crippen LogP contribution in [-0.4, -0.2) is 54.1 Å². The number of thioether (sulfide) groups is 1. The normalized spacial score (nSPS) is 15.2. The fraction of sp³-hybridized carbons (Fsp3) is 0.533. The summed E-state index contributed by atoms with van der Waals surface area (Å²) in [6, 6.07) is 9.37. The Bertz CT molecular complexity index is 429. The summed E-state index contributed by atoms with van der Waals surface area (Å²) >= 11 is 1.39. The second-order valence-electron chi connectivity index (χ2n) is 4.59. The van der Waals surface area contributed by atoms with Crippen LogP contribution in [0.25, 0.3) is 0 Å². The average Bonchev–Trinajstić information content (AvgIpc) is 2.52. The maximum Gasteiger partial charge on any atom is 0.331 e. The zero-order valence-electron chi connectivity index (χ0n) is 12.4. The Hall–Kier alpha value is -1.08. The van der Waals surface area contributed by atoms with Crippen molar-refractivity contribution in [1.29, 1.82) is 0 Å². The van der Waals surface area contributed by atoms with E-state index in [1.54, 1.807) is 14.0 Å². The minimum atomic E-state index is -0.961. The zero-order chi connectivity index (χ0) is 15.7. The van der Waals surface area contributed by atoms with Crippen molar-refractivity contribution in [3.63, 3.8) is 0 Å². The van der Waals surface area contributed by atoms with Gasteiger partial charge in [-0.2, -0.15) is 11.8 Å². The highest BCUT2D eigenvalue weighted by Gasteiger charge is 2.40. The number of aliphatic hydroxyl groups is 2. The Morgan fingerprint density at radius 2 is 2.10 bits per heavy atom. The maximum absolute atomic E-state index is 12.4. The van der Waals surface area contributed by atoms with Gasteiger partial charge in [0.25, 0.3) is 0 Å². The van der Waals surface area contributed by atoms with Crippen molar-refractivity contribution in [3.05, 3.63) is 35.9 Å². The second kappa shape index (κ2) is 9.04. The van der Waals surface area contributed by atoms with Gasteiger partial charge in [-0.15, -0.1) is 0 Å². The van der Waals surface area contributed by atoms with Crippen LogP contribution in [-0.2, 0) is 15.1 Å². The van der Waals surface area contributed by atoms with Crippen molar-refractivity contribution in [3.8, 4) is 0 Å². The Labute approximate surface area is 129 Å². The standard InChI is InChI=1S/C15H23NO4S/c1-3-20-14(19)15(16-2,11-21-10-13(18)9-17)12-7-5-4-6-8-12/h4-8,13,16-18H,3,9-11H2,1-2H3. The molecule has 2 unspecified atom stereocenters. The Balaban J connectivity index is 2.95. The van der Waals surface area contributed by atoms with Crippen LogP contribution in [0.15, 0.2) is 30.3 Å². The number of hydrogen-bond acceptors (Lipinski definition) is 6. The van der Waals surface area contributed by atoms with Gasteiger partial charge in [0.05, 0.1) is 19.3 Å². The third-order valence-corrected chi connectivity index (χ3v) is 4.41. The molecule has 6 heteroatoms. The molecule has 5 nitrogen and oxygen atoms in total. The van der Waals surface area contributed by atoms with Crippen LogP contribution in [0.1, 0.15) is 12.5 Å². The van der Waals surface area contributed by atoms with Gasteiger partial charge in [-0.3, -0.25) is 0 Å². The van der Waals surface area contributed by atoms with E-state index in [2.05, 4.69) is 5.32 Å².